The van der Waals surface area contributed by atoms with Crippen LogP contribution >= 0.6 is 0 Å². The molecule has 0 aliphatic carbocycles. The van der Waals surface area contributed by atoms with E-state index in [2.05, 4.69) is 50.4 Å². The molecule has 0 saturated heterocycles. The average Bonchev–Trinajstić information content (AvgIpc) is 2.30. The molecular formula is C14H23NSi. The van der Waals surface area contributed by atoms with Crippen LogP contribution in [-0.2, 0) is 6.42 Å². The molecule has 0 spiro atoms. The van der Waals surface area contributed by atoms with Gasteiger partial charge in [-0.25, -0.2) is 0 Å². The van der Waals surface area contributed by atoms with E-state index in [0.717, 1.165) is 0 Å². The molecule has 0 aromatic heterocycles. The van der Waals surface area contributed by atoms with E-state index < -0.39 is 8.80 Å². The highest BCUT2D eigenvalue weighted by Crippen LogP contribution is 2.42. The van der Waals surface area contributed by atoms with Gasteiger partial charge in [0, 0.05) is 21.0 Å². The molecule has 1 aromatic rings. The van der Waals surface area contributed by atoms with Gasteiger partial charge >= 0.3 is 0 Å². The normalized spacial score (nSPS) is 24.0. The summed E-state index contributed by atoms with van der Waals surface area (Å²) >= 11 is 0. The monoisotopic (exact) mass is 233 g/mol. The Kier molecular flexibility index (Phi) is 3.38. The molecule has 0 fully saturated rings. The largest absolute Gasteiger partial charge is 0.385 e. The standard InChI is InChI=1S/C14H23NSi/c1-4-16(5-2)14(3)10-12-8-6-7-9-13(12)15-11-14/h6-9,15-16H,4-5,10-11H2,1-3H3/t14-/m1/s1. The van der Waals surface area contributed by atoms with Crippen LogP contribution < -0.4 is 5.32 Å². The Bertz CT molecular complexity index is 360. The van der Waals surface area contributed by atoms with Crippen LogP contribution in [-0.4, -0.2) is 15.3 Å². The summed E-state index contributed by atoms with van der Waals surface area (Å²) in [4.78, 5) is 0. The lowest BCUT2D eigenvalue weighted by Crippen LogP contribution is -2.39. The molecule has 1 heterocycles. The molecule has 1 aromatic carbocycles. The molecule has 0 bridgehead atoms. The van der Waals surface area contributed by atoms with Crippen molar-refractivity contribution >= 4 is 14.5 Å². The molecule has 2 heteroatoms. The van der Waals surface area contributed by atoms with Crippen molar-refractivity contribution in [2.75, 3.05) is 11.9 Å². The van der Waals surface area contributed by atoms with E-state index in [1.165, 1.54) is 36.3 Å². The molecule has 0 amide bonds. The molecule has 1 atom stereocenters. The summed E-state index contributed by atoms with van der Waals surface area (Å²) in [6.45, 7) is 8.45. The first-order chi connectivity index (χ1) is 7.69. The summed E-state index contributed by atoms with van der Waals surface area (Å²) < 4.78 is 0. The maximum atomic E-state index is 3.64. The minimum atomic E-state index is -0.610. The van der Waals surface area contributed by atoms with Gasteiger partial charge in [-0.05, 0) is 23.1 Å². The van der Waals surface area contributed by atoms with Gasteiger partial charge in [0.05, 0.1) is 0 Å². The first-order valence-corrected chi connectivity index (χ1v) is 8.72. The SMILES string of the molecule is CC[SiH](CC)[C@@]1(C)CNc2ccccc2C1. The molecule has 1 aliphatic heterocycles. The second-order valence-corrected chi connectivity index (χ2v) is 9.78. The Balaban J connectivity index is 2.23. The van der Waals surface area contributed by atoms with E-state index in [1.807, 2.05) is 0 Å². The summed E-state index contributed by atoms with van der Waals surface area (Å²) in [5.74, 6) is 0. The zero-order valence-corrected chi connectivity index (χ0v) is 11.9. The molecule has 0 unspecified atom stereocenters. The van der Waals surface area contributed by atoms with Gasteiger partial charge in [-0.3, -0.25) is 0 Å². The maximum Gasteiger partial charge on any atom is 0.0450 e. The van der Waals surface area contributed by atoms with E-state index in [-0.39, 0.29) is 0 Å². The third-order valence-corrected chi connectivity index (χ3v) is 8.62. The average molecular weight is 233 g/mol. The molecule has 0 saturated carbocycles. The van der Waals surface area contributed by atoms with Crippen LogP contribution in [0.4, 0.5) is 5.69 Å². The molecule has 0 radical (unpaired) electrons. The number of anilines is 1. The zero-order valence-electron chi connectivity index (χ0n) is 10.7. The van der Waals surface area contributed by atoms with Gasteiger partial charge in [0.2, 0.25) is 0 Å². The summed E-state index contributed by atoms with van der Waals surface area (Å²) in [6, 6.07) is 11.7. The van der Waals surface area contributed by atoms with Crippen LogP contribution in [0.2, 0.25) is 17.1 Å². The third kappa shape index (κ3) is 2.03. The molecular weight excluding hydrogens is 210 g/mol. The highest BCUT2D eigenvalue weighted by Gasteiger charge is 2.36. The predicted octanol–water partition coefficient (Wildman–Crippen LogP) is 3.68. The Hall–Kier alpha value is -0.763. The topological polar surface area (TPSA) is 12.0 Å². The second-order valence-electron chi connectivity index (χ2n) is 5.35. The van der Waals surface area contributed by atoms with Gasteiger partial charge < -0.3 is 5.32 Å². The van der Waals surface area contributed by atoms with Crippen molar-refractivity contribution in [1.29, 1.82) is 0 Å². The minimum absolute atomic E-state index is 0.567. The third-order valence-electron chi connectivity index (χ3n) is 4.27. The van der Waals surface area contributed by atoms with Crippen molar-refractivity contribution < 1.29 is 0 Å². The van der Waals surface area contributed by atoms with Gasteiger partial charge in [-0.1, -0.05) is 51.1 Å². The Morgan fingerprint density at radius 3 is 2.62 bits per heavy atom. The zero-order chi connectivity index (χ0) is 11.6. The molecule has 1 aliphatic rings. The second kappa shape index (κ2) is 4.62. The fourth-order valence-corrected chi connectivity index (χ4v) is 6.65. The van der Waals surface area contributed by atoms with Gasteiger partial charge in [-0.15, -0.1) is 0 Å². The summed E-state index contributed by atoms with van der Waals surface area (Å²) in [5.41, 5.74) is 2.88. The first kappa shape index (κ1) is 11.7. The Morgan fingerprint density at radius 1 is 1.25 bits per heavy atom. The van der Waals surface area contributed by atoms with Gasteiger partial charge in [-0.2, -0.15) is 0 Å². The van der Waals surface area contributed by atoms with Gasteiger partial charge in [0.25, 0.3) is 0 Å². The van der Waals surface area contributed by atoms with Gasteiger partial charge in [0.1, 0.15) is 0 Å². The first-order valence-electron chi connectivity index (χ1n) is 6.51. The number of para-hydroxylation sites is 1. The van der Waals surface area contributed by atoms with Crippen LogP contribution in [0.15, 0.2) is 24.3 Å². The number of benzene rings is 1. The lowest BCUT2D eigenvalue weighted by atomic mass is 9.94. The Labute approximate surface area is 101 Å². The quantitative estimate of drug-likeness (QED) is 0.785. The van der Waals surface area contributed by atoms with Crippen LogP contribution in [0.1, 0.15) is 26.3 Å². The van der Waals surface area contributed by atoms with Crippen molar-refractivity contribution in [1.82, 2.24) is 0 Å². The number of fused-ring (bicyclic) bond motifs is 1. The molecule has 88 valence electrons. The molecule has 16 heavy (non-hydrogen) atoms. The smallest absolute Gasteiger partial charge is 0.0450 e. The van der Waals surface area contributed by atoms with E-state index in [4.69, 9.17) is 0 Å². The van der Waals surface area contributed by atoms with E-state index >= 15 is 0 Å². The number of hydrogen-bond acceptors (Lipinski definition) is 1. The predicted molar refractivity (Wildman–Crippen MR) is 75.1 cm³/mol. The van der Waals surface area contributed by atoms with Crippen LogP contribution in [0, 0.1) is 0 Å². The maximum absolute atomic E-state index is 3.64. The Morgan fingerprint density at radius 2 is 1.94 bits per heavy atom. The van der Waals surface area contributed by atoms with E-state index in [1.54, 1.807) is 0 Å². The fourth-order valence-electron chi connectivity index (χ4n) is 3.20. The van der Waals surface area contributed by atoms with Crippen LogP contribution in [0.25, 0.3) is 0 Å². The number of hydrogen-bond donors (Lipinski definition) is 1. The van der Waals surface area contributed by atoms with Crippen LogP contribution in [0.5, 0.6) is 0 Å². The minimum Gasteiger partial charge on any atom is -0.385 e. The van der Waals surface area contributed by atoms with Crippen molar-refractivity contribution in [3.63, 3.8) is 0 Å². The lowest BCUT2D eigenvalue weighted by Gasteiger charge is -2.41. The highest BCUT2D eigenvalue weighted by molar-refractivity contribution is 6.62. The lowest BCUT2D eigenvalue weighted by molar-refractivity contribution is 0.596. The van der Waals surface area contributed by atoms with Crippen molar-refractivity contribution in [3.8, 4) is 0 Å². The summed E-state index contributed by atoms with van der Waals surface area (Å²) in [5, 5.41) is 4.20. The van der Waals surface area contributed by atoms with Crippen LogP contribution in [0.3, 0.4) is 0 Å². The molecule has 1 nitrogen and oxygen atoms in total. The number of nitrogens with one attached hydrogen (secondary N) is 1. The summed E-state index contributed by atoms with van der Waals surface area (Å²) in [7, 11) is -0.610. The highest BCUT2D eigenvalue weighted by atomic mass is 28.3. The van der Waals surface area contributed by atoms with E-state index in [9.17, 15) is 0 Å². The molecule has 2 rings (SSSR count). The number of rotatable bonds is 3. The van der Waals surface area contributed by atoms with Crippen molar-refractivity contribution in [2.45, 2.75) is 44.3 Å². The van der Waals surface area contributed by atoms with E-state index in [0.29, 0.717) is 5.04 Å². The summed E-state index contributed by atoms with van der Waals surface area (Å²) in [6.07, 6.45) is 1.29. The fraction of sp³-hybridized carbons (Fsp3) is 0.571. The van der Waals surface area contributed by atoms with Gasteiger partial charge in [0.15, 0.2) is 0 Å². The molecule has 1 N–H and O–H groups in total. The van der Waals surface area contributed by atoms with Crippen molar-refractivity contribution in [3.05, 3.63) is 29.8 Å². The van der Waals surface area contributed by atoms with Crippen molar-refractivity contribution in [2.24, 2.45) is 0 Å².